The molecule has 1 atom stereocenters. The highest BCUT2D eigenvalue weighted by atomic mass is 35.5. The molecule has 3 heteroatoms. The van der Waals surface area contributed by atoms with Crippen molar-refractivity contribution in [1.82, 2.24) is 4.90 Å². The molecule has 0 spiro atoms. The maximum absolute atomic E-state index is 6.26. The van der Waals surface area contributed by atoms with E-state index in [4.69, 9.17) is 11.6 Å². The van der Waals surface area contributed by atoms with Gasteiger partial charge in [0.05, 0.1) is 5.37 Å². The van der Waals surface area contributed by atoms with Crippen LogP contribution in [0.5, 0.6) is 0 Å². The van der Waals surface area contributed by atoms with Crippen molar-refractivity contribution in [1.29, 1.82) is 0 Å². The Balaban J connectivity index is 2.16. The Kier molecular flexibility index (Phi) is 4.08. The smallest absolute Gasteiger partial charge is 0.0761 e. The summed E-state index contributed by atoms with van der Waals surface area (Å²) in [4.78, 5) is 3.48. The van der Waals surface area contributed by atoms with E-state index in [1.54, 1.807) is 0 Å². The van der Waals surface area contributed by atoms with Crippen LogP contribution in [0.2, 0.25) is 5.02 Å². The van der Waals surface area contributed by atoms with E-state index in [2.05, 4.69) is 44.6 Å². The molecule has 18 heavy (non-hydrogen) atoms. The Labute approximate surface area is 119 Å². The third kappa shape index (κ3) is 2.76. The molecule has 2 rings (SSSR count). The Morgan fingerprint density at radius 2 is 2.22 bits per heavy atom. The minimum atomic E-state index is 0.490. The van der Waals surface area contributed by atoms with Crippen molar-refractivity contribution >= 4 is 23.4 Å². The van der Waals surface area contributed by atoms with Crippen LogP contribution in [0.4, 0.5) is 0 Å². The minimum absolute atomic E-state index is 0.490. The molecule has 0 saturated heterocycles. The Morgan fingerprint density at radius 3 is 2.78 bits per heavy atom. The third-order valence-electron chi connectivity index (χ3n) is 3.28. The maximum atomic E-state index is 6.26. The Morgan fingerprint density at radius 1 is 1.50 bits per heavy atom. The fourth-order valence-electron chi connectivity index (χ4n) is 1.95. The van der Waals surface area contributed by atoms with E-state index in [1.165, 1.54) is 16.0 Å². The zero-order valence-corrected chi connectivity index (χ0v) is 12.6. The summed E-state index contributed by atoms with van der Waals surface area (Å²) in [5, 5.41) is 1.32. The monoisotopic (exact) mass is 279 g/mol. The molecule has 0 aromatic heterocycles. The van der Waals surface area contributed by atoms with Crippen LogP contribution in [0.15, 0.2) is 41.5 Å². The molecule has 1 heterocycles. The van der Waals surface area contributed by atoms with Crippen molar-refractivity contribution in [2.24, 2.45) is 0 Å². The summed E-state index contributed by atoms with van der Waals surface area (Å²) >= 11 is 8.12. The molecule has 1 aromatic rings. The molecule has 1 aromatic carbocycles. The molecule has 1 aliphatic rings. The van der Waals surface area contributed by atoms with Gasteiger partial charge in [0.1, 0.15) is 0 Å². The molecule has 1 unspecified atom stereocenters. The van der Waals surface area contributed by atoms with E-state index in [0.29, 0.717) is 5.37 Å². The fourth-order valence-corrected chi connectivity index (χ4v) is 3.30. The van der Waals surface area contributed by atoms with Gasteiger partial charge in [0.2, 0.25) is 0 Å². The molecule has 1 aliphatic heterocycles. The molecular formula is C15H18ClNS. The first-order valence-corrected chi connectivity index (χ1v) is 7.27. The zero-order chi connectivity index (χ0) is 13.3. The van der Waals surface area contributed by atoms with Crippen LogP contribution < -0.4 is 0 Å². The number of nitrogens with zero attached hydrogens (tertiary/aromatic N) is 1. The van der Waals surface area contributed by atoms with Crippen LogP contribution in [0.3, 0.4) is 0 Å². The van der Waals surface area contributed by atoms with Gasteiger partial charge in [0, 0.05) is 23.2 Å². The van der Waals surface area contributed by atoms with Crippen molar-refractivity contribution in [3.63, 3.8) is 0 Å². The second-order valence-electron chi connectivity index (χ2n) is 4.69. The van der Waals surface area contributed by atoms with Crippen molar-refractivity contribution in [3.8, 4) is 0 Å². The summed E-state index contributed by atoms with van der Waals surface area (Å²) in [6.45, 7) is 8.50. The Bertz CT molecular complexity index is 487. The first-order valence-electron chi connectivity index (χ1n) is 6.01. The lowest BCUT2D eigenvalue weighted by Crippen LogP contribution is -2.14. The molecule has 0 amide bonds. The van der Waals surface area contributed by atoms with E-state index in [0.717, 1.165) is 17.0 Å². The van der Waals surface area contributed by atoms with Crippen LogP contribution in [0, 0.1) is 6.92 Å². The number of hydrogen-bond acceptors (Lipinski definition) is 2. The Hall–Kier alpha value is -0.860. The average Bonchev–Trinajstić information content (AvgIpc) is 2.64. The molecule has 0 bridgehead atoms. The molecular weight excluding hydrogens is 262 g/mol. The molecule has 0 aliphatic carbocycles. The number of halogens is 1. The topological polar surface area (TPSA) is 3.24 Å². The lowest BCUT2D eigenvalue weighted by Gasteiger charge is -2.13. The molecule has 0 N–H and O–H groups in total. The molecule has 1 nitrogen and oxygen atoms in total. The highest BCUT2D eigenvalue weighted by Gasteiger charge is 2.20. The zero-order valence-electron chi connectivity index (χ0n) is 11.0. The average molecular weight is 280 g/mol. The summed E-state index contributed by atoms with van der Waals surface area (Å²) < 4.78 is 0. The number of aryl methyl sites for hydroxylation is 1. The normalized spacial score (nSPS) is 19.0. The molecule has 0 radical (unpaired) electrons. The summed E-state index contributed by atoms with van der Waals surface area (Å²) in [6.07, 6.45) is 2.99. The van der Waals surface area contributed by atoms with E-state index >= 15 is 0 Å². The van der Waals surface area contributed by atoms with Gasteiger partial charge in [0.25, 0.3) is 0 Å². The maximum Gasteiger partial charge on any atom is 0.0761 e. The fraction of sp³-hybridized carbons (Fsp3) is 0.333. The number of thioether (sulfide) groups is 1. The van der Waals surface area contributed by atoms with Crippen molar-refractivity contribution in [3.05, 3.63) is 57.6 Å². The second-order valence-corrected chi connectivity index (χ2v) is 6.46. The van der Waals surface area contributed by atoms with Gasteiger partial charge in [-0.3, -0.25) is 0 Å². The van der Waals surface area contributed by atoms with E-state index in [-0.39, 0.29) is 0 Å². The van der Waals surface area contributed by atoms with Gasteiger partial charge < -0.3 is 4.90 Å². The standard InChI is InChI=1S/C15H18ClNS/c1-10-6-5-7-14(16)13(10)8-11(2)15-9-17(4)12(3)18-15/h5-7,9,12H,2,8H2,1,3-4H3. The second kappa shape index (κ2) is 5.41. The number of rotatable bonds is 3. The SMILES string of the molecule is C=C(Cc1c(C)cccc1Cl)C1=CN(C)C(C)S1. The molecule has 96 valence electrons. The number of benzene rings is 1. The highest BCUT2D eigenvalue weighted by molar-refractivity contribution is 8.04. The largest absolute Gasteiger partial charge is 0.367 e. The highest BCUT2D eigenvalue weighted by Crippen LogP contribution is 2.37. The third-order valence-corrected chi connectivity index (χ3v) is 4.96. The summed E-state index contributed by atoms with van der Waals surface area (Å²) in [7, 11) is 2.10. The first-order chi connectivity index (χ1) is 8.49. The summed E-state index contributed by atoms with van der Waals surface area (Å²) in [5.74, 6) is 0. The van der Waals surface area contributed by atoms with E-state index in [1.807, 2.05) is 23.9 Å². The van der Waals surface area contributed by atoms with Gasteiger partial charge in [-0.2, -0.15) is 0 Å². The summed E-state index contributed by atoms with van der Waals surface area (Å²) in [5.41, 5.74) is 3.56. The lowest BCUT2D eigenvalue weighted by atomic mass is 10.0. The van der Waals surface area contributed by atoms with Crippen molar-refractivity contribution < 1.29 is 0 Å². The van der Waals surface area contributed by atoms with Crippen LogP contribution in [-0.4, -0.2) is 17.3 Å². The summed E-state index contributed by atoms with van der Waals surface area (Å²) in [6, 6.07) is 6.03. The van der Waals surface area contributed by atoms with Crippen LogP contribution >= 0.6 is 23.4 Å². The molecule has 0 saturated carbocycles. The van der Waals surface area contributed by atoms with Gasteiger partial charge in [-0.05, 0) is 43.0 Å². The van der Waals surface area contributed by atoms with Crippen molar-refractivity contribution in [2.45, 2.75) is 25.6 Å². The predicted molar refractivity (Wildman–Crippen MR) is 81.9 cm³/mol. The van der Waals surface area contributed by atoms with Gasteiger partial charge in [0.15, 0.2) is 0 Å². The van der Waals surface area contributed by atoms with Crippen molar-refractivity contribution in [2.75, 3.05) is 7.05 Å². The quantitative estimate of drug-likeness (QED) is 0.795. The van der Waals surface area contributed by atoms with Gasteiger partial charge in [-0.25, -0.2) is 0 Å². The van der Waals surface area contributed by atoms with Gasteiger partial charge >= 0.3 is 0 Å². The van der Waals surface area contributed by atoms with Gasteiger partial charge in [-0.15, -0.1) is 0 Å². The first kappa shape index (κ1) is 13.6. The van der Waals surface area contributed by atoms with Gasteiger partial charge in [-0.1, -0.05) is 42.1 Å². The van der Waals surface area contributed by atoms with E-state index < -0.39 is 0 Å². The van der Waals surface area contributed by atoms with E-state index in [9.17, 15) is 0 Å². The molecule has 0 fully saturated rings. The minimum Gasteiger partial charge on any atom is -0.367 e. The van der Waals surface area contributed by atoms with Crippen LogP contribution in [0.1, 0.15) is 18.1 Å². The number of hydrogen-bond donors (Lipinski definition) is 0. The van der Waals surface area contributed by atoms with Crippen LogP contribution in [0.25, 0.3) is 0 Å². The predicted octanol–water partition coefficient (Wildman–Crippen LogP) is 4.61. The van der Waals surface area contributed by atoms with Crippen LogP contribution in [-0.2, 0) is 6.42 Å². The lowest BCUT2D eigenvalue weighted by molar-refractivity contribution is 0.459. The number of allylic oxidation sites excluding steroid dienone is 1.